The van der Waals surface area contributed by atoms with E-state index in [2.05, 4.69) is 23.7 Å². The Morgan fingerprint density at radius 1 is 1.02 bits per heavy atom. The molecular weight excluding hydrogens is 544 g/mol. The van der Waals surface area contributed by atoms with Crippen LogP contribution in [0.4, 0.5) is 28.9 Å². The molecule has 0 N–H and O–H groups in total. The van der Waals surface area contributed by atoms with Gasteiger partial charge in [0.05, 0.1) is 11.6 Å². The lowest BCUT2D eigenvalue weighted by molar-refractivity contribution is -0.137. The zero-order valence-corrected chi connectivity index (χ0v) is 24.3. The standard InChI is InChI=1S/C33H38F4N4O/c1-24(2)16-20-40-21-17-31(30(34)23-40)41(32(42)13-8-25-4-9-27(10-5-25)33(35,36)37)22-26-6-11-28(12-7-26)39(3)29-14-18-38-19-15-29/h4-15,18-19,24,30-31H,16-17,20-23H2,1-3H3/b13-8+/t30-,31-/m0/s1. The topological polar surface area (TPSA) is 39.7 Å². The second kappa shape index (κ2) is 14.0. The van der Waals surface area contributed by atoms with E-state index in [4.69, 9.17) is 0 Å². The molecular formula is C33H38F4N4O. The van der Waals surface area contributed by atoms with Crippen LogP contribution < -0.4 is 4.90 Å². The zero-order valence-electron chi connectivity index (χ0n) is 24.3. The van der Waals surface area contributed by atoms with Gasteiger partial charge in [-0.25, -0.2) is 4.39 Å². The number of aromatic nitrogens is 1. The maximum Gasteiger partial charge on any atom is 0.416 e. The molecule has 0 aliphatic carbocycles. The molecule has 2 aromatic carbocycles. The van der Waals surface area contributed by atoms with Gasteiger partial charge in [-0.3, -0.25) is 9.78 Å². The van der Waals surface area contributed by atoms with Gasteiger partial charge in [0.25, 0.3) is 0 Å². The molecule has 0 spiro atoms. The molecule has 1 amide bonds. The average Bonchev–Trinajstić information content (AvgIpc) is 2.98. The molecule has 1 aliphatic rings. The third-order valence-corrected chi connectivity index (χ3v) is 7.68. The number of hydrogen-bond donors (Lipinski definition) is 0. The fraction of sp³-hybridized carbons (Fsp3) is 0.394. The lowest BCUT2D eigenvalue weighted by Crippen LogP contribution is -2.53. The van der Waals surface area contributed by atoms with Crippen LogP contribution in [0.3, 0.4) is 0 Å². The van der Waals surface area contributed by atoms with E-state index in [0.717, 1.165) is 42.0 Å². The second-order valence-electron chi connectivity index (χ2n) is 11.2. The minimum Gasteiger partial charge on any atom is -0.345 e. The SMILES string of the molecule is CC(C)CCN1CC[C@H](N(Cc2ccc(N(C)c3ccncc3)cc2)C(=O)/C=C/c2ccc(C(F)(F)F)cc2)[C@@H](F)C1. The highest BCUT2D eigenvalue weighted by molar-refractivity contribution is 5.92. The van der Waals surface area contributed by atoms with Crippen molar-refractivity contribution in [3.05, 3.63) is 95.8 Å². The van der Waals surface area contributed by atoms with E-state index in [-0.39, 0.29) is 19.0 Å². The lowest BCUT2D eigenvalue weighted by Gasteiger charge is -2.40. The number of hydrogen-bond acceptors (Lipinski definition) is 4. The highest BCUT2D eigenvalue weighted by atomic mass is 19.4. The van der Waals surface area contributed by atoms with E-state index >= 15 is 4.39 Å². The second-order valence-corrected chi connectivity index (χ2v) is 11.2. The summed E-state index contributed by atoms with van der Waals surface area (Å²) in [4.78, 5) is 23.3. The number of alkyl halides is 4. The Hall–Kier alpha value is -3.72. The highest BCUT2D eigenvalue weighted by Crippen LogP contribution is 2.30. The van der Waals surface area contributed by atoms with Crippen molar-refractivity contribution in [1.29, 1.82) is 0 Å². The van der Waals surface area contributed by atoms with Crippen LogP contribution in [0.2, 0.25) is 0 Å². The van der Waals surface area contributed by atoms with Crippen LogP contribution in [0.15, 0.2) is 79.1 Å². The summed E-state index contributed by atoms with van der Waals surface area (Å²) in [7, 11) is 1.95. The Kier molecular flexibility index (Phi) is 10.4. The summed E-state index contributed by atoms with van der Waals surface area (Å²) in [6.45, 7) is 6.28. The van der Waals surface area contributed by atoms with Crippen LogP contribution in [-0.4, -0.2) is 59.6 Å². The van der Waals surface area contributed by atoms with Crippen LogP contribution >= 0.6 is 0 Å². The molecule has 1 aromatic heterocycles. The number of halogens is 4. The molecule has 0 radical (unpaired) electrons. The van der Waals surface area contributed by atoms with Gasteiger partial charge in [-0.1, -0.05) is 38.1 Å². The monoisotopic (exact) mass is 582 g/mol. The van der Waals surface area contributed by atoms with Crippen molar-refractivity contribution in [2.75, 3.05) is 31.6 Å². The van der Waals surface area contributed by atoms with Gasteiger partial charge in [-0.05, 0) is 78.9 Å². The van der Waals surface area contributed by atoms with E-state index < -0.39 is 24.0 Å². The minimum absolute atomic E-state index is 0.215. The number of benzene rings is 2. The summed E-state index contributed by atoms with van der Waals surface area (Å²) < 4.78 is 54.4. The van der Waals surface area contributed by atoms with Gasteiger partial charge in [0.2, 0.25) is 5.91 Å². The van der Waals surface area contributed by atoms with Crippen LogP contribution in [0.1, 0.15) is 43.4 Å². The zero-order chi connectivity index (χ0) is 30.3. The number of amides is 1. The smallest absolute Gasteiger partial charge is 0.345 e. The molecule has 0 saturated carbocycles. The number of anilines is 2. The molecule has 1 saturated heterocycles. The van der Waals surface area contributed by atoms with Crippen LogP contribution in [0.5, 0.6) is 0 Å². The van der Waals surface area contributed by atoms with Gasteiger partial charge in [-0.15, -0.1) is 0 Å². The van der Waals surface area contributed by atoms with Crippen LogP contribution in [-0.2, 0) is 17.5 Å². The fourth-order valence-corrected chi connectivity index (χ4v) is 5.09. The van der Waals surface area contributed by atoms with Crippen molar-refractivity contribution in [3.63, 3.8) is 0 Å². The maximum absolute atomic E-state index is 15.6. The van der Waals surface area contributed by atoms with Crippen molar-refractivity contribution < 1.29 is 22.4 Å². The molecule has 224 valence electrons. The molecule has 0 unspecified atom stereocenters. The first-order valence-electron chi connectivity index (χ1n) is 14.3. The molecule has 0 bridgehead atoms. The first-order valence-corrected chi connectivity index (χ1v) is 14.3. The summed E-state index contributed by atoms with van der Waals surface area (Å²) in [5.41, 5.74) is 2.49. The number of likely N-dealkylation sites (tertiary alicyclic amines) is 1. The van der Waals surface area contributed by atoms with Crippen LogP contribution in [0, 0.1) is 5.92 Å². The first kappa shape index (κ1) is 31.2. The summed E-state index contributed by atoms with van der Waals surface area (Å²) in [5, 5.41) is 0. The third kappa shape index (κ3) is 8.41. The van der Waals surface area contributed by atoms with Crippen molar-refractivity contribution in [2.45, 2.75) is 51.6 Å². The average molecular weight is 583 g/mol. The summed E-state index contributed by atoms with van der Waals surface area (Å²) in [5.74, 6) is 0.144. The van der Waals surface area contributed by atoms with Gasteiger partial charge in [0.15, 0.2) is 0 Å². The van der Waals surface area contributed by atoms with E-state index in [0.29, 0.717) is 24.4 Å². The number of carbonyl (C=O) groups is 1. The number of nitrogens with zero attached hydrogens (tertiary/aromatic N) is 4. The quantitative estimate of drug-likeness (QED) is 0.185. The summed E-state index contributed by atoms with van der Waals surface area (Å²) in [6.07, 6.45) is 2.09. The number of piperidine rings is 1. The Balaban J connectivity index is 1.51. The molecule has 2 heterocycles. The molecule has 3 aromatic rings. The van der Waals surface area contributed by atoms with Gasteiger partial charge < -0.3 is 14.7 Å². The highest BCUT2D eigenvalue weighted by Gasteiger charge is 2.35. The van der Waals surface area contributed by atoms with Crippen molar-refractivity contribution in [2.24, 2.45) is 5.92 Å². The Bertz CT molecular complexity index is 1310. The maximum atomic E-state index is 15.6. The molecule has 5 nitrogen and oxygen atoms in total. The molecule has 1 aliphatic heterocycles. The molecule has 2 atom stereocenters. The molecule has 1 fully saturated rings. The van der Waals surface area contributed by atoms with E-state index in [1.165, 1.54) is 24.3 Å². The van der Waals surface area contributed by atoms with Crippen molar-refractivity contribution in [1.82, 2.24) is 14.8 Å². The fourth-order valence-electron chi connectivity index (χ4n) is 5.09. The predicted octanol–water partition coefficient (Wildman–Crippen LogP) is 7.37. The number of pyridine rings is 1. The van der Waals surface area contributed by atoms with E-state index in [1.807, 2.05) is 48.3 Å². The van der Waals surface area contributed by atoms with Crippen LogP contribution in [0.25, 0.3) is 6.08 Å². The Labute approximate surface area is 245 Å². The van der Waals surface area contributed by atoms with Crippen molar-refractivity contribution in [3.8, 4) is 0 Å². The number of rotatable bonds is 10. The molecule has 42 heavy (non-hydrogen) atoms. The molecule has 4 rings (SSSR count). The predicted molar refractivity (Wildman–Crippen MR) is 159 cm³/mol. The van der Waals surface area contributed by atoms with Gasteiger partial charge in [-0.2, -0.15) is 13.2 Å². The minimum atomic E-state index is -4.43. The summed E-state index contributed by atoms with van der Waals surface area (Å²) >= 11 is 0. The van der Waals surface area contributed by atoms with Gasteiger partial charge in [0.1, 0.15) is 6.17 Å². The summed E-state index contributed by atoms with van der Waals surface area (Å²) in [6, 6.07) is 15.6. The van der Waals surface area contributed by atoms with Crippen molar-refractivity contribution >= 4 is 23.4 Å². The van der Waals surface area contributed by atoms with E-state index in [1.54, 1.807) is 17.3 Å². The van der Waals surface area contributed by atoms with Gasteiger partial charge in [0, 0.05) is 56.5 Å². The Morgan fingerprint density at radius 3 is 2.26 bits per heavy atom. The third-order valence-electron chi connectivity index (χ3n) is 7.68. The number of carbonyl (C=O) groups excluding carboxylic acids is 1. The van der Waals surface area contributed by atoms with E-state index in [9.17, 15) is 18.0 Å². The molecule has 9 heteroatoms. The normalized spacial score (nSPS) is 18.0. The Morgan fingerprint density at radius 2 is 1.67 bits per heavy atom. The largest absolute Gasteiger partial charge is 0.416 e. The van der Waals surface area contributed by atoms with Gasteiger partial charge >= 0.3 is 6.18 Å². The lowest BCUT2D eigenvalue weighted by atomic mass is 9.99. The first-order chi connectivity index (χ1) is 20.0.